The zero-order chi connectivity index (χ0) is 12.3. The van der Waals surface area contributed by atoms with Gasteiger partial charge in [0.2, 0.25) is 0 Å². The Labute approximate surface area is 107 Å². The topological polar surface area (TPSA) is 26.0 Å². The summed E-state index contributed by atoms with van der Waals surface area (Å²) in [6, 6.07) is 16.2. The zero-order valence-corrected chi connectivity index (χ0v) is 10.6. The van der Waals surface area contributed by atoms with Crippen LogP contribution in [-0.2, 0) is 6.42 Å². The highest BCUT2D eigenvalue weighted by Crippen LogP contribution is 2.26. The molecule has 0 heterocycles. The lowest BCUT2D eigenvalue weighted by molar-refractivity contribution is 0.721. The van der Waals surface area contributed by atoms with Crippen molar-refractivity contribution in [2.45, 2.75) is 19.4 Å². The van der Waals surface area contributed by atoms with Crippen molar-refractivity contribution in [3.63, 3.8) is 0 Å². The molecule has 1 unspecified atom stereocenters. The minimum Gasteiger partial charge on any atom is -0.324 e. The zero-order valence-electron chi connectivity index (χ0n) is 9.86. The van der Waals surface area contributed by atoms with Crippen LogP contribution in [0.2, 0.25) is 5.02 Å². The Kier molecular flexibility index (Phi) is 3.82. The molecule has 1 atom stereocenters. The van der Waals surface area contributed by atoms with Gasteiger partial charge < -0.3 is 5.73 Å². The Morgan fingerprint density at radius 3 is 2.47 bits per heavy atom. The maximum atomic E-state index is 6.27. The van der Waals surface area contributed by atoms with E-state index in [1.807, 2.05) is 43.3 Å². The number of hydrogen-bond donors (Lipinski definition) is 1. The molecule has 2 aromatic rings. The number of aryl methyl sites for hydroxylation is 1. The van der Waals surface area contributed by atoms with Gasteiger partial charge in [0.1, 0.15) is 0 Å². The minimum atomic E-state index is -0.0511. The van der Waals surface area contributed by atoms with Gasteiger partial charge in [-0.15, -0.1) is 0 Å². The van der Waals surface area contributed by atoms with Crippen molar-refractivity contribution in [2.24, 2.45) is 5.73 Å². The fourth-order valence-corrected chi connectivity index (χ4v) is 2.20. The summed E-state index contributed by atoms with van der Waals surface area (Å²) in [7, 11) is 0. The summed E-state index contributed by atoms with van der Waals surface area (Å²) in [5.41, 5.74) is 9.55. The van der Waals surface area contributed by atoms with E-state index in [4.69, 9.17) is 17.3 Å². The molecule has 88 valence electrons. The average molecular weight is 246 g/mol. The van der Waals surface area contributed by atoms with Crippen LogP contribution in [0.25, 0.3) is 0 Å². The van der Waals surface area contributed by atoms with Crippen molar-refractivity contribution in [1.29, 1.82) is 0 Å². The van der Waals surface area contributed by atoms with Crippen LogP contribution in [0.4, 0.5) is 0 Å². The van der Waals surface area contributed by atoms with Gasteiger partial charge in [-0.1, -0.05) is 60.1 Å². The van der Waals surface area contributed by atoms with Crippen molar-refractivity contribution < 1.29 is 0 Å². The maximum Gasteiger partial charge on any atom is 0.0483 e. The minimum absolute atomic E-state index is 0.0511. The fraction of sp³-hybridized carbons (Fsp3) is 0.200. The second-order valence-electron chi connectivity index (χ2n) is 4.27. The van der Waals surface area contributed by atoms with E-state index in [2.05, 4.69) is 12.1 Å². The molecule has 2 heteroatoms. The van der Waals surface area contributed by atoms with Gasteiger partial charge in [0.25, 0.3) is 0 Å². The van der Waals surface area contributed by atoms with Gasteiger partial charge >= 0.3 is 0 Å². The largest absolute Gasteiger partial charge is 0.324 e. The molecule has 0 spiro atoms. The van der Waals surface area contributed by atoms with E-state index >= 15 is 0 Å². The van der Waals surface area contributed by atoms with Crippen molar-refractivity contribution in [1.82, 2.24) is 0 Å². The average Bonchev–Trinajstić information content (AvgIpc) is 2.34. The summed E-state index contributed by atoms with van der Waals surface area (Å²) in [5.74, 6) is 0. The molecule has 0 saturated carbocycles. The molecule has 0 fully saturated rings. The van der Waals surface area contributed by atoms with E-state index in [-0.39, 0.29) is 6.04 Å². The first kappa shape index (κ1) is 12.2. The van der Waals surface area contributed by atoms with Gasteiger partial charge in [-0.3, -0.25) is 0 Å². The third-order valence-electron chi connectivity index (χ3n) is 2.92. The molecule has 1 nitrogen and oxygen atoms in total. The second kappa shape index (κ2) is 5.35. The first-order valence-electron chi connectivity index (χ1n) is 5.73. The summed E-state index contributed by atoms with van der Waals surface area (Å²) in [5, 5.41) is 0.788. The molecular weight excluding hydrogens is 230 g/mol. The fourth-order valence-electron chi connectivity index (χ4n) is 1.93. The monoisotopic (exact) mass is 245 g/mol. The first-order valence-corrected chi connectivity index (χ1v) is 6.11. The van der Waals surface area contributed by atoms with Crippen LogP contribution >= 0.6 is 11.6 Å². The van der Waals surface area contributed by atoms with Gasteiger partial charge in [0.15, 0.2) is 0 Å². The quantitative estimate of drug-likeness (QED) is 0.872. The van der Waals surface area contributed by atoms with Gasteiger partial charge in [-0.05, 0) is 30.0 Å². The molecular formula is C15H16ClN. The highest BCUT2D eigenvalue weighted by atomic mass is 35.5. The molecule has 0 aliphatic heterocycles. The van der Waals surface area contributed by atoms with Crippen molar-refractivity contribution >= 4 is 11.6 Å². The molecule has 0 aromatic heterocycles. The summed E-state index contributed by atoms with van der Waals surface area (Å²) >= 11 is 6.27. The van der Waals surface area contributed by atoms with Crippen LogP contribution in [0.1, 0.15) is 22.7 Å². The number of hydrogen-bond acceptors (Lipinski definition) is 1. The summed E-state index contributed by atoms with van der Waals surface area (Å²) in [4.78, 5) is 0. The van der Waals surface area contributed by atoms with Crippen molar-refractivity contribution in [3.8, 4) is 0 Å². The summed E-state index contributed by atoms with van der Waals surface area (Å²) in [6.07, 6.45) is 0.810. The lowest BCUT2D eigenvalue weighted by Gasteiger charge is -2.15. The van der Waals surface area contributed by atoms with Gasteiger partial charge in [-0.2, -0.15) is 0 Å². The van der Waals surface area contributed by atoms with Crippen molar-refractivity contribution in [2.75, 3.05) is 0 Å². The number of nitrogens with two attached hydrogens (primary N) is 1. The maximum absolute atomic E-state index is 6.27. The van der Waals surface area contributed by atoms with E-state index in [1.54, 1.807) is 0 Å². The predicted molar refractivity (Wildman–Crippen MR) is 73.3 cm³/mol. The van der Waals surface area contributed by atoms with E-state index in [1.165, 1.54) is 5.56 Å². The molecule has 0 radical (unpaired) electrons. The molecule has 0 saturated heterocycles. The third-order valence-corrected chi connectivity index (χ3v) is 3.44. The molecule has 2 N–H and O–H groups in total. The molecule has 0 bridgehead atoms. The van der Waals surface area contributed by atoms with Gasteiger partial charge in [0.05, 0.1) is 0 Å². The summed E-state index contributed by atoms with van der Waals surface area (Å²) in [6.45, 7) is 2.00. The third kappa shape index (κ3) is 2.87. The Morgan fingerprint density at radius 1 is 1.06 bits per heavy atom. The highest BCUT2D eigenvalue weighted by molar-refractivity contribution is 6.32. The Hall–Kier alpha value is -1.31. The highest BCUT2D eigenvalue weighted by Gasteiger charge is 2.11. The Bertz CT molecular complexity index is 494. The SMILES string of the molecule is Cc1cccc(C(N)Cc2ccccc2)c1Cl. The van der Waals surface area contributed by atoms with Crippen LogP contribution in [0.15, 0.2) is 48.5 Å². The first-order chi connectivity index (χ1) is 8.18. The van der Waals surface area contributed by atoms with E-state index in [9.17, 15) is 0 Å². The van der Waals surface area contributed by atoms with Gasteiger partial charge in [0, 0.05) is 11.1 Å². The van der Waals surface area contributed by atoms with Crippen LogP contribution in [0.5, 0.6) is 0 Å². The number of benzene rings is 2. The van der Waals surface area contributed by atoms with Crippen molar-refractivity contribution in [3.05, 3.63) is 70.2 Å². The number of halogens is 1. The van der Waals surface area contributed by atoms with E-state index < -0.39 is 0 Å². The number of rotatable bonds is 3. The summed E-state index contributed by atoms with van der Waals surface area (Å²) < 4.78 is 0. The van der Waals surface area contributed by atoms with E-state index in [0.717, 1.165) is 22.6 Å². The Morgan fingerprint density at radius 2 is 1.76 bits per heavy atom. The molecule has 0 aliphatic carbocycles. The molecule has 2 aromatic carbocycles. The normalized spacial score (nSPS) is 12.4. The molecule has 17 heavy (non-hydrogen) atoms. The molecule has 0 amide bonds. The predicted octanol–water partition coefficient (Wildman–Crippen LogP) is 3.89. The lowest BCUT2D eigenvalue weighted by atomic mass is 9.98. The smallest absolute Gasteiger partial charge is 0.0483 e. The van der Waals surface area contributed by atoms with Gasteiger partial charge in [-0.25, -0.2) is 0 Å². The van der Waals surface area contributed by atoms with Crippen LogP contribution < -0.4 is 5.73 Å². The Balaban J connectivity index is 2.20. The van der Waals surface area contributed by atoms with Crippen LogP contribution in [0.3, 0.4) is 0 Å². The molecule has 0 aliphatic rings. The second-order valence-corrected chi connectivity index (χ2v) is 4.65. The van der Waals surface area contributed by atoms with Crippen LogP contribution in [0, 0.1) is 6.92 Å². The van der Waals surface area contributed by atoms with E-state index in [0.29, 0.717) is 0 Å². The lowest BCUT2D eigenvalue weighted by Crippen LogP contribution is -2.14. The molecule has 2 rings (SSSR count). The van der Waals surface area contributed by atoms with Crippen LogP contribution in [-0.4, -0.2) is 0 Å². The standard InChI is InChI=1S/C15H16ClN/c1-11-6-5-9-13(15(11)16)14(17)10-12-7-3-2-4-8-12/h2-9,14H,10,17H2,1H3.